The lowest BCUT2D eigenvalue weighted by molar-refractivity contribution is 0.0899. The predicted octanol–water partition coefficient (Wildman–Crippen LogP) is 8.91. The topological polar surface area (TPSA) is 75.3 Å². The number of fused-ring (bicyclic) bond motifs is 2. The van der Waals surface area contributed by atoms with Crippen LogP contribution in [0.15, 0.2) is 97.2 Å². The van der Waals surface area contributed by atoms with E-state index < -0.39 is 0 Å². The fourth-order valence-electron chi connectivity index (χ4n) is 7.67. The van der Waals surface area contributed by atoms with E-state index in [0.717, 1.165) is 40.0 Å². The van der Waals surface area contributed by atoms with E-state index in [1.807, 2.05) is 42.5 Å². The van der Waals surface area contributed by atoms with Crippen molar-refractivity contribution in [3.05, 3.63) is 108 Å². The summed E-state index contributed by atoms with van der Waals surface area (Å²) in [5.41, 5.74) is 6.99. The first-order valence-electron chi connectivity index (χ1n) is 15.4. The summed E-state index contributed by atoms with van der Waals surface area (Å²) in [5.74, 6) is 4.34. The first kappa shape index (κ1) is 27.2. The van der Waals surface area contributed by atoms with Crippen LogP contribution in [0.25, 0.3) is 45.3 Å². The van der Waals surface area contributed by atoms with Gasteiger partial charge in [0.15, 0.2) is 17.5 Å². The van der Waals surface area contributed by atoms with E-state index in [2.05, 4.69) is 67.4 Å². The number of aromatic nitrogens is 4. The van der Waals surface area contributed by atoms with Gasteiger partial charge in [0.25, 0.3) is 0 Å². The van der Waals surface area contributed by atoms with Crippen LogP contribution in [0.5, 0.6) is 0 Å². The molecule has 0 saturated heterocycles. The molecule has 1 unspecified atom stereocenters. The monoisotopic (exact) mass is 561 g/mol. The van der Waals surface area contributed by atoms with Crippen LogP contribution in [0.4, 0.5) is 0 Å². The molecule has 212 valence electrons. The van der Waals surface area contributed by atoms with E-state index in [1.165, 1.54) is 43.2 Å². The van der Waals surface area contributed by atoms with Gasteiger partial charge >= 0.3 is 0 Å². The van der Waals surface area contributed by atoms with Crippen molar-refractivity contribution < 1.29 is 0 Å². The molecule has 5 heteroatoms. The average Bonchev–Trinajstić information content (AvgIpc) is 3.04. The highest BCUT2D eigenvalue weighted by molar-refractivity contribution is 5.72. The van der Waals surface area contributed by atoms with Gasteiger partial charge in [-0.3, -0.25) is 0 Å². The molecule has 0 aliphatic heterocycles. The highest BCUT2D eigenvalue weighted by atomic mass is 15.0. The van der Waals surface area contributed by atoms with Gasteiger partial charge in [0.1, 0.15) is 11.8 Å². The summed E-state index contributed by atoms with van der Waals surface area (Å²) in [6.07, 6.45) is 8.47. The molecule has 2 bridgehead atoms. The molecule has 5 aromatic rings. The predicted molar refractivity (Wildman–Crippen MR) is 171 cm³/mol. The van der Waals surface area contributed by atoms with Gasteiger partial charge in [0.2, 0.25) is 0 Å². The molecule has 2 aliphatic carbocycles. The minimum atomic E-state index is 0.267. The van der Waals surface area contributed by atoms with Gasteiger partial charge < -0.3 is 0 Å². The second-order valence-corrected chi connectivity index (χ2v) is 12.9. The van der Waals surface area contributed by atoms with Crippen molar-refractivity contribution in [1.29, 1.82) is 5.26 Å². The number of benzene rings is 3. The third kappa shape index (κ3) is 5.58. The molecule has 5 nitrogen and oxygen atoms in total. The summed E-state index contributed by atoms with van der Waals surface area (Å²) < 4.78 is 0. The number of hydrogen-bond donors (Lipinski definition) is 0. The van der Waals surface area contributed by atoms with Crippen LogP contribution in [0.2, 0.25) is 0 Å². The number of hydrogen-bond acceptors (Lipinski definition) is 5. The molecule has 2 aliphatic rings. The summed E-state index contributed by atoms with van der Waals surface area (Å²) >= 11 is 0. The van der Waals surface area contributed by atoms with Crippen molar-refractivity contribution in [2.45, 2.75) is 51.4 Å². The lowest BCUT2D eigenvalue weighted by Gasteiger charge is -2.47. The van der Waals surface area contributed by atoms with E-state index in [1.54, 1.807) is 12.3 Å². The minimum absolute atomic E-state index is 0.267. The zero-order valence-corrected chi connectivity index (χ0v) is 24.7. The summed E-state index contributed by atoms with van der Waals surface area (Å²) in [4.78, 5) is 18.8. The van der Waals surface area contributed by atoms with Crippen LogP contribution >= 0.6 is 0 Å². The molecule has 43 heavy (non-hydrogen) atoms. The van der Waals surface area contributed by atoms with Crippen molar-refractivity contribution in [1.82, 2.24) is 19.9 Å². The number of rotatable bonds is 5. The minimum Gasteiger partial charge on any atom is -0.245 e. The number of nitrogens with zero attached hydrogens (tertiary/aromatic N) is 5. The summed E-state index contributed by atoms with van der Waals surface area (Å²) in [7, 11) is 0. The molecule has 2 heterocycles. The standard InChI is InChI=1S/C38H35N5/c1-25-17-26-19-27(18-25)22-38(2,21-26)33-14-11-28(12-15-33)30-9-6-10-31(20-30)36-41-35(29-7-4-3-5-8-29)42-37(43-36)32-13-16-34(23-39)40-24-32/h3-16,20,24-27H,17-19,21-22H2,1-2H3/t25-,26+,27-,38?. The highest BCUT2D eigenvalue weighted by Gasteiger charge is 2.41. The van der Waals surface area contributed by atoms with Crippen LogP contribution in [0.1, 0.15) is 57.2 Å². The lowest BCUT2D eigenvalue weighted by atomic mass is 9.57. The highest BCUT2D eigenvalue weighted by Crippen LogP contribution is 2.51. The Bertz CT molecular complexity index is 1770. The van der Waals surface area contributed by atoms with Crippen LogP contribution in [0.3, 0.4) is 0 Å². The maximum atomic E-state index is 9.19. The molecule has 0 amide bonds. The summed E-state index contributed by atoms with van der Waals surface area (Å²) in [5, 5.41) is 9.19. The van der Waals surface area contributed by atoms with Crippen molar-refractivity contribution in [3.8, 4) is 51.4 Å². The zero-order chi connectivity index (χ0) is 29.4. The number of nitriles is 1. The molecule has 2 aromatic heterocycles. The molecule has 0 N–H and O–H groups in total. The SMILES string of the molecule is C[C@H]1C[C@@H]2C[C@H](C1)CC(C)(c1ccc(-c3cccc(-c4nc(-c5ccccc5)nc(-c5ccc(C#N)nc5)n4)c3)cc1)C2. The van der Waals surface area contributed by atoms with Crippen molar-refractivity contribution in [2.75, 3.05) is 0 Å². The maximum absolute atomic E-state index is 9.19. The molecule has 0 spiro atoms. The second kappa shape index (κ2) is 11.2. The van der Waals surface area contributed by atoms with E-state index in [9.17, 15) is 5.26 Å². The molecule has 4 atom stereocenters. The van der Waals surface area contributed by atoms with Crippen LogP contribution in [0, 0.1) is 29.1 Å². The maximum Gasteiger partial charge on any atom is 0.165 e. The normalized spacial score (nSPS) is 23.0. The Morgan fingerprint density at radius 1 is 0.651 bits per heavy atom. The summed E-state index contributed by atoms with van der Waals surface area (Å²) in [6, 6.07) is 33.2. The smallest absolute Gasteiger partial charge is 0.165 e. The van der Waals surface area contributed by atoms with E-state index in [0.29, 0.717) is 23.2 Å². The molecule has 2 saturated carbocycles. The first-order chi connectivity index (χ1) is 21.0. The van der Waals surface area contributed by atoms with Crippen LogP contribution < -0.4 is 0 Å². The Balaban J connectivity index is 1.22. The van der Waals surface area contributed by atoms with Gasteiger partial charge in [-0.15, -0.1) is 0 Å². The second-order valence-electron chi connectivity index (χ2n) is 12.9. The molecule has 2 fully saturated rings. The molecule has 0 radical (unpaired) electrons. The quantitative estimate of drug-likeness (QED) is 0.214. The van der Waals surface area contributed by atoms with Gasteiger partial charge in [-0.25, -0.2) is 19.9 Å². The van der Waals surface area contributed by atoms with Gasteiger partial charge in [0, 0.05) is 22.9 Å². The van der Waals surface area contributed by atoms with Crippen molar-refractivity contribution in [2.24, 2.45) is 17.8 Å². The molecular formula is C38H35N5. The third-order valence-corrected chi connectivity index (χ3v) is 9.46. The fourth-order valence-corrected chi connectivity index (χ4v) is 7.67. The zero-order valence-electron chi connectivity index (χ0n) is 24.7. The van der Waals surface area contributed by atoms with E-state index in [-0.39, 0.29) is 5.41 Å². The van der Waals surface area contributed by atoms with Crippen LogP contribution in [-0.4, -0.2) is 19.9 Å². The van der Waals surface area contributed by atoms with Crippen LogP contribution in [-0.2, 0) is 5.41 Å². The Morgan fingerprint density at radius 2 is 1.26 bits per heavy atom. The van der Waals surface area contributed by atoms with Gasteiger partial charge in [0.05, 0.1) is 0 Å². The van der Waals surface area contributed by atoms with Gasteiger partial charge in [-0.1, -0.05) is 86.6 Å². The molecular weight excluding hydrogens is 526 g/mol. The number of pyridine rings is 1. The average molecular weight is 562 g/mol. The lowest BCUT2D eigenvalue weighted by Crippen LogP contribution is -2.38. The van der Waals surface area contributed by atoms with Crippen molar-refractivity contribution in [3.63, 3.8) is 0 Å². The Morgan fingerprint density at radius 3 is 1.91 bits per heavy atom. The molecule has 3 aromatic carbocycles. The van der Waals surface area contributed by atoms with Gasteiger partial charge in [-0.05, 0) is 90.2 Å². The Kier molecular flexibility index (Phi) is 7.07. The van der Waals surface area contributed by atoms with Crippen molar-refractivity contribution >= 4 is 0 Å². The largest absolute Gasteiger partial charge is 0.245 e. The fraction of sp³-hybridized carbons (Fsp3) is 0.289. The van der Waals surface area contributed by atoms with E-state index >= 15 is 0 Å². The first-order valence-corrected chi connectivity index (χ1v) is 15.4. The Labute approximate surface area is 253 Å². The summed E-state index contributed by atoms with van der Waals surface area (Å²) in [6.45, 7) is 4.93. The van der Waals surface area contributed by atoms with Gasteiger partial charge in [-0.2, -0.15) is 5.26 Å². The third-order valence-electron chi connectivity index (χ3n) is 9.46. The van der Waals surface area contributed by atoms with E-state index in [4.69, 9.17) is 15.0 Å². The molecule has 7 rings (SSSR count). The Hall–Kier alpha value is -4.69.